The van der Waals surface area contributed by atoms with E-state index in [1.54, 1.807) is 0 Å². The summed E-state index contributed by atoms with van der Waals surface area (Å²) >= 11 is 0. The van der Waals surface area contributed by atoms with Crippen molar-refractivity contribution in [1.82, 2.24) is 11.5 Å². The van der Waals surface area contributed by atoms with Crippen LogP contribution in [0.1, 0.15) is 52.9 Å². The fourth-order valence-corrected chi connectivity index (χ4v) is 4.66. The van der Waals surface area contributed by atoms with Crippen molar-refractivity contribution in [3.63, 3.8) is 0 Å². The van der Waals surface area contributed by atoms with E-state index < -0.39 is 17.7 Å². The molecule has 0 saturated heterocycles. The van der Waals surface area contributed by atoms with Gasteiger partial charge in [0.2, 0.25) is 0 Å². The second-order valence-corrected chi connectivity index (χ2v) is 7.96. The molecule has 134 valence electrons. The zero-order valence-corrected chi connectivity index (χ0v) is 14.5. The molecule has 1 amide bonds. The summed E-state index contributed by atoms with van der Waals surface area (Å²) in [5, 5.41) is 21.8. The molecule has 4 saturated carbocycles. The topological polar surface area (TPSA) is 135 Å². The highest BCUT2D eigenvalue weighted by atomic mass is 16.6. The van der Waals surface area contributed by atoms with E-state index in [9.17, 15) is 9.90 Å². The van der Waals surface area contributed by atoms with Crippen LogP contribution in [0.2, 0.25) is 0 Å². The molecule has 0 heterocycles. The first kappa shape index (κ1) is 19.7. The molecule has 7 heteroatoms. The van der Waals surface area contributed by atoms with Crippen molar-refractivity contribution >= 4 is 12.6 Å². The summed E-state index contributed by atoms with van der Waals surface area (Å²) < 4.78 is 5.36. The fourth-order valence-electron chi connectivity index (χ4n) is 4.66. The smallest absolute Gasteiger partial charge is 0.407 e. The molecular weight excluding hydrogens is 300 g/mol. The molecule has 4 aliphatic rings. The van der Waals surface area contributed by atoms with E-state index in [0.717, 1.165) is 32.1 Å². The number of rotatable bonds is 1. The van der Waals surface area contributed by atoms with Crippen molar-refractivity contribution in [1.29, 1.82) is 0 Å². The Labute approximate surface area is 137 Å². The first-order valence-corrected chi connectivity index (χ1v) is 7.93. The van der Waals surface area contributed by atoms with Crippen molar-refractivity contribution < 1.29 is 24.5 Å². The average Bonchev–Trinajstić information content (AvgIpc) is 2.30. The lowest BCUT2D eigenvalue weighted by Gasteiger charge is -2.57. The van der Waals surface area contributed by atoms with Gasteiger partial charge in [-0.05, 0) is 70.6 Å². The maximum absolute atomic E-state index is 11.9. The molecule has 6 N–H and O–H groups in total. The molecule has 0 aliphatic heterocycles. The lowest BCUT2D eigenvalue weighted by Crippen LogP contribution is -2.61. The molecule has 0 spiro atoms. The molecule has 4 fully saturated rings. The first-order valence-electron chi connectivity index (χ1n) is 7.93. The Hall–Kier alpha value is -1.34. The second kappa shape index (κ2) is 7.05. The summed E-state index contributed by atoms with van der Waals surface area (Å²) in [5.74, 6) is 1.53. The molecule has 0 aromatic rings. The van der Waals surface area contributed by atoms with Gasteiger partial charge >= 0.3 is 6.09 Å². The van der Waals surface area contributed by atoms with Gasteiger partial charge < -0.3 is 31.2 Å². The highest BCUT2D eigenvalue weighted by Crippen LogP contribution is 2.55. The maximum Gasteiger partial charge on any atom is 0.407 e. The van der Waals surface area contributed by atoms with Crippen molar-refractivity contribution in [2.75, 3.05) is 0 Å². The fraction of sp³-hybridized carbons (Fsp3) is 0.875. The van der Waals surface area contributed by atoms with Crippen LogP contribution in [-0.4, -0.2) is 34.9 Å². The molecular formula is C16H30N2O5. The van der Waals surface area contributed by atoms with Crippen LogP contribution in [0.5, 0.6) is 0 Å². The van der Waals surface area contributed by atoms with Crippen LogP contribution < -0.4 is 16.6 Å². The van der Waals surface area contributed by atoms with Gasteiger partial charge in [-0.3, -0.25) is 0 Å². The maximum atomic E-state index is 11.9. The van der Waals surface area contributed by atoms with E-state index in [4.69, 9.17) is 14.6 Å². The summed E-state index contributed by atoms with van der Waals surface area (Å²) in [6, 6.07) is 0.201. The second-order valence-electron chi connectivity index (χ2n) is 7.96. The van der Waals surface area contributed by atoms with Gasteiger partial charge in [-0.15, -0.1) is 0 Å². The minimum absolute atomic E-state index is 0. The summed E-state index contributed by atoms with van der Waals surface area (Å²) in [7, 11) is 0. The molecule has 23 heavy (non-hydrogen) atoms. The highest BCUT2D eigenvalue weighted by molar-refractivity contribution is 5.68. The minimum atomic E-state index is -0.500. The van der Waals surface area contributed by atoms with Crippen molar-refractivity contribution in [3.05, 3.63) is 0 Å². The zero-order valence-electron chi connectivity index (χ0n) is 14.5. The average molecular weight is 330 g/mol. The van der Waals surface area contributed by atoms with E-state index in [0.29, 0.717) is 17.8 Å². The number of nitrogens with one attached hydrogen (secondary N) is 1. The lowest BCUT2D eigenvalue weighted by atomic mass is 9.52. The summed E-state index contributed by atoms with van der Waals surface area (Å²) in [4.78, 5) is 20.2. The summed E-state index contributed by atoms with van der Waals surface area (Å²) in [6.45, 7) is 5.14. The Morgan fingerprint density at radius 2 is 1.74 bits per heavy atom. The van der Waals surface area contributed by atoms with E-state index in [1.165, 1.54) is 0 Å². The standard InChI is InChI=1S/C15H25NO3.CH2O2.H3N/c1-14(2,3)19-13(17)16-12-10-4-9-5-11(12)8-15(18,6-9)7-10;2-1-3;/h9-12,18H,4-8H2,1-3H3,(H,16,17);1H,(H,2,3);1H3. The molecule has 7 nitrogen and oxygen atoms in total. The van der Waals surface area contributed by atoms with Crippen LogP contribution in [0.15, 0.2) is 0 Å². The van der Waals surface area contributed by atoms with Crippen molar-refractivity contribution in [2.45, 2.75) is 70.1 Å². The lowest BCUT2D eigenvalue weighted by molar-refractivity contribution is -0.283. The van der Waals surface area contributed by atoms with Gasteiger partial charge in [-0.1, -0.05) is 0 Å². The van der Waals surface area contributed by atoms with E-state index in [1.807, 2.05) is 20.8 Å². The van der Waals surface area contributed by atoms with Crippen LogP contribution in [0.25, 0.3) is 0 Å². The number of ether oxygens (including phenoxy) is 1. The third-order valence-corrected chi connectivity index (χ3v) is 4.92. The predicted octanol–water partition coefficient (Wildman–Crippen LogP) is 1.19. The predicted molar refractivity (Wildman–Crippen MR) is 83.7 cm³/mol. The van der Waals surface area contributed by atoms with E-state index >= 15 is 0 Å². The van der Waals surface area contributed by atoms with Crippen LogP contribution in [0.4, 0.5) is 4.79 Å². The quantitative estimate of drug-likeness (QED) is 0.621. The number of quaternary nitrogens is 1. The van der Waals surface area contributed by atoms with Gasteiger partial charge in [0.1, 0.15) is 5.60 Å². The normalized spacial score (nSPS) is 37.0. The number of amides is 1. The number of alkyl carbamates (subject to hydrolysis) is 1. The Morgan fingerprint density at radius 3 is 2.13 bits per heavy atom. The van der Waals surface area contributed by atoms with Crippen LogP contribution in [-0.2, 0) is 9.53 Å². The van der Waals surface area contributed by atoms with Gasteiger partial charge in [0.25, 0.3) is 0 Å². The molecule has 4 bridgehead atoms. The van der Waals surface area contributed by atoms with Gasteiger partial charge in [0.05, 0.1) is 5.60 Å². The van der Waals surface area contributed by atoms with Gasteiger partial charge in [-0.2, -0.15) is 0 Å². The zero-order chi connectivity index (χ0) is 16.5. The van der Waals surface area contributed by atoms with Gasteiger partial charge in [-0.25, -0.2) is 4.79 Å². The number of aliphatic hydroxyl groups is 1. The third kappa shape index (κ3) is 4.81. The van der Waals surface area contributed by atoms with Crippen LogP contribution >= 0.6 is 0 Å². The van der Waals surface area contributed by atoms with Crippen molar-refractivity contribution in [3.8, 4) is 0 Å². The molecule has 2 unspecified atom stereocenters. The molecule has 4 rings (SSSR count). The Balaban J connectivity index is 0.000000615. The van der Waals surface area contributed by atoms with E-state index in [-0.39, 0.29) is 18.3 Å². The third-order valence-electron chi connectivity index (χ3n) is 4.92. The molecule has 0 aromatic carbocycles. The number of carboxylic acid groups (broad SMARTS) is 1. The van der Waals surface area contributed by atoms with Crippen molar-refractivity contribution in [2.24, 2.45) is 17.8 Å². The summed E-state index contributed by atoms with van der Waals surface area (Å²) in [6.07, 6.45) is 4.66. The Kier molecular flexibility index (Phi) is 6.04. The Bertz CT molecular complexity index is 419. The van der Waals surface area contributed by atoms with E-state index in [2.05, 4.69) is 5.32 Å². The molecule has 4 aliphatic carbocycles. The first-order chi connectivity index (χ1) is 10.2. The van der Waals surface area contributed by atoms with Crippen LogP contribution in [0, 0.1) is 17.8 Å². The molecule has 2 atom stereocenters. The number of hydrogen-bond donors (Lipinski definition) is 3. The number of carbonyl (C=O) groups is 2. The van der Waals surface area contributed by atoms with Crippen LogP contribution in [0.3, 0.4) is 0 Å². The van der Waals surface area contributed by atoms with Gasteiger partial charge in [0, 0.05) is 12.5 Å². The minimum Gasteiger partial charge on any atom is -0.554 e. The molecule has 0 radical (unpaired) electrons. The Morgan fingerprint density at radius 1 is 1.26 bits per heavy atom. The monoisotopic (exact) mass is 330 g/mol. The SMILES string of the molecule is CC(C)(C)OC(=O)NC1C2CC3CC1CC(O)(C3)C2.O=C[O-].[NH4+]. The molecule has 0 aromatic heterocycles. The van der Waals surface area contributed by atoms with Gasteiger partial charge in [0.15, 0.2) is 0 Å². The largest absolute Gasteiger partial charge is 0.554 e. The number of hydrogen-bond acceptors (Lipinski definition) is 5. The summed E-state index contributed by atoms with van der Waals surface area (Å²) in [5.41, 5.74) is -0.892. The number of carbonyl (C=O) groups excluding carboxylic acids is 2. The highest BCUT2D eigenvalue weighted by Gasteiger charge is 2.55.